The van der Waals surface area contributed by atoms with Crippen molar-refractivity contribution in [2.45, 2.75) is 13.0 Å². The van der Waals surface area contributed by atoms with Crippen molar-refractivity contribution in [3.8, 4) is 17.6 Å². The Labute approximate surface area is 130 Å². The number of nitrogens with zero attached hydrogens (tertiary/aromatic N) is 1. The number of likely N-dealkylation sites (N-methyl/N-ethyl adjacent to an activating group) is 1. The molecule has 0 spiro atoms. The molecule has 1 aromatic carbocycles. The maximum atomic E-state index is 13.8. The molecule has 0 aromatic heterocycles. The van der Waals surface area contributed by atoms with Crippen LogP contribution in [0, 0.1) is 17.7 Å². The number of rotatable bonds is 4. The van der Waals surface area contributed by atoms with E-state index >= 15 is 0 Å². The fraction of sp³-hybridized carbons (Fsp3) is 0.500. The molecule has 1 unspecified atom stereocenters. The van der Waals surface area contributed by atoms with E-state index in [1.807, 2.05) is 0 Å². The van der Waals surface area contributed by atoms with Gasteiger partial charge in [0.2, 0.25) is 0 Å². The summed E-state index contributed by atoms with van der Waals surface area (Å²) in [6, 6.07) is 4.66. The van der Waals surface area contributed by atoms with E-state index in [2.05, 4.69) is 23.7 Å². The number of benzene rings is 1. The lowest BCUT2D eigenvalue weighted by Crippen LogP contribution is -2.44. The molecular weight excluding hydrogens is 293 g/mol. The smallest absolute Gasteiger partial charge is 0.142 e. The molecule has 0 saturated carbocycles. The molecule has 0 amide bonds. The summed E-state index contributed by atoms with van der Waals surface area (Å²) in [7, 11) is 0. The minimum absolute atomic E-state index is 0.0254. The van der Waals surface area contributed by atoms with Gasteiger partial charge in [-0.25, -0.2) is 4.39 Å². The lowest BCUT2D eigenvalue weighted by molar-refractivity contribution is -0.0464. The third-order valence-corrected chi connectivity index (χ3v) is 3.47. The van der Waals surface area contributed by atoms with Gasteiger partial charge in [-0.2, -0.15) is 0 Å². The lowest BCUT2D eigenvalue weighted by Gasteiger charge is -2.31. The molecule has 5 heteroatoms. The van der Waals surface area contributed by atoms with Gasteiger partial charge in [0, 0.05) is 19.2 Å². The Bertz CT molecular complexity index is 527. The third kappa shape index (κ3) is 4.89. The van der Waals surface area contributed by atoms with Gasteiger partial charge in [0.1, 0.15) is 24.3 Å². The summed E-state index contributed by atoms with van der Waals surface area (Å²) in [5, 5.41) is 0. The largest absolute Gasteiger partial charge is 0.491 e. The average molecular weight is 312 g/mol. The Balaban J connectivity index is 1.90. The predicted molar refractivity (Wildman–Crippen MR) is 81.3 cm³/mol. The molecule has 3 nitrogen and oxygen atoms in total. The molecule has 1 saturated heterocycles. The number of morpholine rings is 1. The Morgan fingerprint density at radius 3 is 3.10 bits per heavy atom. The first-order valence-electron chi connectivity index (χ1n) is 7.04. The van der Waals surface area contributed by atoms with Gasteiger partial charge in [0.25, 0.3) is 0 Å². The first-order chi connectivity index (χ1) is 10.2. The number of alkyl halides is 1. The minimum atomic E-state index is -0.398. The van der Waals surface area contributed by atoms with Crippen molar-refractivity contribution in [2.24, 2.45) is 0 Å². The summed E-state index contributed by atoms with van der Waals surface area (Å²) in [6.07, 6.45) is 0.0254. The normalized spacial score (nSPS) is 18.9. The van der Waals surface area contributed by atoms with Crippen LogP contribution >= 0.6 is 11.6 Å². The molecule has 2 rings (SSSR count). The average Bonchev–Trinajstić information content (AvgIpc) is 2.52. The zero-order chi connectivity index (χ0) is 15.1. The molecule has 1 heterocycles. The van der Waals surface area contributed by atoms with Gasteiger partial charge in [0.15, 0.2) is 0 Å². The van der Waals surface area contributed by atoms with Crippen LogP contribution < -0.4 is 4.74 Å². The van der Waals surface area contributed by atoms with Crippen molar-refractivity contribution < 1.29 is 13.9 Å². The molecule has 0 bridgehead atoms. The highest BCUT2D eigenvalue weighted by molar-refractivity contribution is 6.19. The zero-order valence-electron chi connectivity index (χ0n) is 12.1. The lowest BCUT2D eigenvalue weighted by atomic mass is 10.2. The predicted octanol–water partition coefficient (Wildman–Crippen LogP) is 2.52. The van der Waals surface area contributed by atoms with E-state index < -0.39 is 5.82 Å². The Hall–Kier alpha value is -1.28. The SMILES string of the molecule is CCN1CCOC(COc2ccc(C#CCCl)c(F)c2)C1. The second kappa shape index (κ2) is 8.23. The topological polar surface area (TPSA) is 21.7 Å². The van der Waals surface area contributed by atoms with E-state index in [0.717, 1.165) is 19.6 Å². The maximum absolute atomic E-state index is 13.8. The fourth-order valence-electron chi connectivity index (χ4n) is 2.17. The van der Waals surface area contributed by atoms with Crippen LogP contribution in [0.15, 0.2) is 18.2 Å². The van der Waals surface area contributed by atoms with Gasteiger partial charge in [-0.15, -0.1) is 11.6 Å². The van der Waals surface area contributed by atoms with Crippen LogP contribution in [-0.4, -0.2) is 49.7 Å². The third-order valence-electron chi connectivity index (χ3n) is 3.34. The maximum Gasteiger partial charge on any atom is 0.142 e. The molecular formula is C16H19ClFNO2. The van der Waals surface area contributed by atoms with Crippen molar-refractivity contribution in [3.05, 3.63) is 29.6 Å². The molecule has 0 radical (unpaired) electrons. The summed E-state index contributed by atoms with van der Waals surface area (Å²) in [5.74, 6) is 5.57. The highest BCUT2D eigenvalue weighted by Gasteiger charge is 2.19. The van der Waals surface area contributed by atoms with E-state index in [1.54, 1.807) is 12.1 Å². The first kappa shape index (κ1) is 16.1. The van der Waals surface area contributed by atoms with Gasteiger partial charge in [-0.1, -0.05) is 18.8 Å². The molecule has 0 aliphatic carbocycles. The quantitative estimate of drug-likeness (QED) is 0.630. The van der Waals surface area contributed by atoms with Crippen molar-refractivity contribution in [1.29, 1.82) is 0 Å². The van der Waals surface area contributed by atoms with E-state index in [1.165, 1.54) is 6.07 Å². The molecule has 21 heavy (non-hydrogen) atoms. The van der Waals surface area contributed by atoms with E-state index in [4.69, 9.17) is 21.1 Å². The van der Waals surface area contributed by atoms with Gasteiger partial charge in [0.05, 0.1) is 18.1 Å². The van der Waals surface area contributed by atoms with Gasteiger partial charge in [-0.3, -0.25) is 4.90 Å². The molecule has 1 aromatic rings. The molecule has 0 N–H and O–H groups in total. The van der Waals surface area contributed by atoms with E-state index in [0.29, 0.717) is 24.5 Å². The van der Waals surface area contributed by atoms with Crippen molar-refractivity contribution in [1.82, 2.24) is 4.90 Å². The zero-order valence-corrected chi connectivity index (χ0v) is 12.8. The monoisotopic (exact) mass is 311 g/mol. The summed E-state index contributed by atoms with van der Waals surface area (Å²) in [5.41, 5.74) is 0.328. The highest BCUT2D eigenvalue weighted by atomic mass is 35.5. The Morgan fingerprint density at radius 1 is 1.52 bits per heavy atom. The van der Waals surface area contributed by atoms with Gasteiger partial charge in [-0.05, 0) is 18.7 Å². The molecule has 1 aliphatic heterocycles. The van der Waals surface area contributed by atoms with Crippen LogP contribution in [0.4, 0.5) is 4.39 Å². The number of halogens is 2. The summed E-state index contributed by atoms with van der Waals surface area (Å²) in [4.78, 5) is 2.31. The highest BCUT2D eigenvalue weighted by Crippen LogP contribution is 2.17. The first-order valence-corrected chi connectivity index (χ1v) is 7.57. The summed E-state index contributed by atoms with van der Waals surface area (Å²) >= 11 is 5.46. The Morgan fingerprint density at radius 2 is 2.38 bits per heavy atom. The second-order valence-electron chi connectivity index (χ2n) is 4.77. The van der Waals surface area contributed by atoms with Crippen LogP contribution in [0.1, 0.15) is 12.5 Å². The molecule has 114 valence electrons. The number of hydrogen-bond acceptors (Lipinski definition) is 3. The Kier molecular flexibility index (Phi) is 6.31. The van der Waals surface area contributed by atoms with Crippen LogP contribution in [0.5, 0.6) is 5.75 Å². The van der Waals surface area contributed by atoms with Crippen LogP contribution in [0.25, 0.3) is 0 Å². The molecule has 1 fully saturated rings. The van der Waals surface area contributed by atoms with Crippen molar-refractivity contribution in [2.75, 3.05) is 38.7 Å². The number of ether oxygens (including phenoxy) is 2. The van der Waals surface area contributed by atoms with E-state index in [9.17, 15) is 4.39 Å². The number of hydrogen-bond donors (Lipinski definition) is 0. The van der Waals surface area contributed by atoms with E-state index in [-0.39, 0.29) is 12.0 Å². The molecule has 1 atom stereocenters. The second-order valence-corrected chi connectivity index (χ2v) is 5.04. The van der Waals surface area contributed by atoms with Gasteiger partial charge < -0.3 is 9.47 Å². The fourth-order valence-corrected chi connectivity index (χ4v) is 2.24. The molecule has 1 aliphatic rings. The summed E-state index contributed by atoms with van der Waals surface area (Å²) in [6.45, 7) is 6.06. The van der Waals surface area contributed by atoms with Crippen LogP contribution in [-0.2, 0) is 4.74 Å². The van der Waals surface area contributed by atoms with Crippen LogP contribution in [0.2, 0.25) is 0 Å². The minimum Gasteiger partial charge on any atom is -0.491 e. The van der Waals surface area contributed by atoms with Crippen LogP contribution in [0.3, 0.4) is 0 Å². The summed E-state index contributed by atoms with van der Waals surface area (Å²) < 4.78 is 25.0. The van der Waals surface area contributed by atoms with Crippen molar-refractivity contribution >= 4 is 11.6 Å². The van der Waals surface area contributed by atoms with Gasteiger partial charge >= 0.3 is 0 Å². The van der Waals surface area contributed by atoms with Crippen molar-refractivity contribution in [3.63, 3.8) is 0 Å². The standard InChI is InChI=1S/C16H19ClFNO2/c1-2-19-8-9-20-15(11-19)12-21-14-6-5-13(4-3-7-17)16(18)10-14/h5-6,10,15H,2,7-9,11-12H2,1H3.